The van der Waals surface area contributed by atoms with Crippen LogP contribution < -0.4 is 0 Å². The Labute approximate surface area is 157 Å². The second-order valence-electron chi connectivity index (χ2n) is 6.28. The lowest BCUT2D eigenvalue weighted by molar-refractivity contribution is 0.0597. The van der Waals surface area contributed by atoms with Gasteiger partial charge in [0.25, 0.3) is 0 Å². The van der Waals surface area contributed by atoms with Gasteiger partial charge < -0.3 is 14.8 Å². The number of methoxy groups -OCH3 is 1. The number of aliphatic hydroxyl groups is 1. The fourth-order valence-corrected chi connectivity index (χ4v) is 3.26. The van der Waals surface area contributed by atoms with Crippen molar-refractivity contribution in [1.29, 1.82) is 0 Å². The predicted octanol–water partition coefficient (Wildman–Crippen LogP) is 3.42. The zero-order valence-electron chi connectivity index (χ0n) is 15.3. The minimum Gasteiger partial charge on any atom is -0.465 e. The van der Waals surface area contributed by atoms with E-state index in [0.29, 0.717) is 23.4 Å². The number of aryl methyl sites for hydroxylation is 1. The van der Waals surface area contributed by atoms with Crippen LogP contribution in [0.5, 0.6) is 0 Å². The minimum absolute atomic E-state index is 0.168. The lowest BCUT2D eigenvalue weighted by atomic mass is 9.92. The third kappa shape index (κ3) is 3.68. The van der Waals surface area contributed by atoms with Gasteiger partial charge in [0, 0.05) is 11.3 Å². The zero-order chi connectivity index (χ0) is 19.4. The molecule has 3 rings (SSSR count). The summed E-state index contributed by atoms with van der Waals surface area (Å²) < 4.78 is 4.83. The number of aliphatic hydroxyl groups excluding tert-OH is 1. The van der Waals surface area contributed by atoms with Gasteiger partial charge in [-0.2, -0.15) is 0 Å². The Bertz CT molecular complexity index is 973. The molecule has 0 saturated heterocycles. The van der Waals surface area contributed by atoms with Crippen molar-refractivity contribution in [3.8, 4) is 0 Å². The SMILES string of the molecule is COC(=O)c1c(C)[nH]c(CO)c1C(=O)c1ccccc1Cc1ccccc1. The average Bonchev–Trinajstić information content (AvgIpc) is 3.04. The molecule has 0 spiro atoms. The molecule has 5 nitrogen and oxygen atoms in total. The maximum Gasteiger partial charge on any atom is 0.340 e. The highest BCUT2D eigenvalue weighted by Gasteiger charge is 2.28. The molecule has 0 aliphatic rings. The summed E-state index contributed by atoms with van der Waals surface area (Å²) in [5, 5.41) is 9.68. The molecule has 0 unspecified atom stereocenters. The van der Waals surface area contributed by atoms with Crippen molar-refractivity contribution < 1.29 is 19.4 Å². The number of aromatic amines is 1. The number of rotatable bonds is 6. The summed E-state index contributed by atoms with van der Waals surface area (Å²) in [6.45, 7) is 1.30. The number of carbonyl (C=O) groups is 2. The molecule has 0 aliphatic heterocycles. The molecule has 2 N–H and O–H groups in total. The Kier molecular flexibility index (Phi) is 5.52. The predicted molar refractivity (Wildman–Crippen MR) is 102 cm³/mol. The summed E-state index contributed by atoms with van der Waals surface area (Å²) in [4.78, 5) is 28.5. The number of ketones is 1. The van der Waals surface area contributed by atoms with Crippen LogP contribution in [0.3, 0.4) is 0 Å². The van der Waals surface area contributed by atoms with Crippen molar-refractivity contribution in [1.82, 2.24) is 4.98 Å². The van der Waals surface area contributed by atoms with Crippen LogP contribution in [0.25, 0.3) is 0 Å². The first-order chi connectivity index (χ1) is 13.1. The van der Waals surface area contributed by atoms with Crippen molar-refractivity contribution in [3.05, 3.63) is 93.8 Å². The van der Waals surface area contributed by atoms with Crippen molar-refractivity contribution in [2.75, 3.05) is 7.11 Å². The molecule has 0 bridgehead atoms. The Balaban J connectivity index is 2.09. The summed E-state index contributed by atoms with van der Waals surface area (Å²) in [5.74, 6) is -0.914. The average molecular weight is 363 g/mol. The van der Waals surface area contributed by atoms with E-state index in [-0.39, 0.29) is 23.5 Å². The summed E-state index contributed by atoms with van der Waals surface area (Å²) in [6.07, 6.45) is 0.591. The second kappa shape index (κ2) is 8.01. The molecule has 0 radical (unpaired) electrons. The van der Waals surface area contributed by atoms with E-state index in [1.54, 1.807) is 19.1 Å². The molecule has 5 heteroatoms. The summed E-state index contributed by atoms with van der Waals surface area (Å²) in [5.41, 5.74) is 3.58. The first-order valence-electron chi connectivity index (χ1n) is 8.64. The number of H-pyrrole nitrogens is 1. The van der Waals surface area contributed by atoms with Gasteiger partial charge in [-0.25, -0.2) is 4.79 Å². The fraction of sp³-hybridized carbons (Fsp3) is 0.182. The Morgan fingerprint density at radius 3 is 2.33 bits per heavy atom. The molecule has 1 aromatic heterocycles. The van der Waals surface area contributed by atoms with E-state index in [2.05, 4.69) is 4.98 Å². The van der Waals surface area contributed by atoms with Gasteiger partial charge in [-0.1, -0.05) is 54.6 Å². The summed E-state index contributed by atoms with van der Waals surface area (Å²) >= 11 is 0. The van der Waals surface area contributed by atoms with Gasteiger partial charge in [0.1, 0.15) is 0 Å². The van der Waals surface area contributed by atoms with Crippen LogP contribution >= 0.6 is 0 Å². The van der Waals surface area contributed by atoms with E-state index in [1.165, 1.54) is 7.11 Å². The topological polar surface area (TPSA) is 79.4 Å². The highest BCUT2D eigenvalue weighted by molar-refractivity contribution is 6.16. The molecule has 0 amide bonds. The maximum absolute atomic E-state index is 13.4. The molecule has 138 valence electrons. The van der Waals surface area contributed by atoms with Crippen LogP contribution in [0, 0.1) is 6.92 Å². The van der Waals surface area contributed by atoms with Gasteiger partial charge in [-0.05, 0) is 24.5 Å². The van der Waals surface area contributed by atoms with Crippen LogP contribution in [0.2, 0.25) is 0 Å². The van der Waals surface area contributed by atoms with Crippen LogP contribution in [-0.4, -0.2) is 29.0 Å². The first-order valence-corrected chi connectivity index (χ1v) is 8.64. The number of ether oxygens (including phenoxy) is 1. The quantitative estimate of drug-likeness (QED) is 0.519. The normalized spacial score (nSPS) is 10.6. The van der Waals surface area contributed by atoms with Crippen molar-refractivity contribution >= 4 is 11.8 Å². The molecule has 0 fully saturated rings. The van der Waals surface area contributed by atoms with Gasteiger partial charge >= 0.3 is 5.97 Å². The van der Waals surface area contributed by atoms with E-state index in [9.17, 15) is 14.7 Å². The molecule has 0 aliphatic carbocycles. The van der Waals surface area contributed by atoms with Crippen LogP contribution in [0.15, 0.2) is 54.6 Å². The number of hydrogen-bond acceptors (Lipinski definition) is 4. The van der Waals surface area contributed by atoms with E-state index in [0.717, 1.165) is 11.1 Å². The highest BCUT2D eigenvalue weighted by Crippen LogP contribution is 2.26. The van der Waals surface area contributed by atoms with E-state index in [4.69, 9.17) is 4.74 Å². The van der Waals surface area contributed by atoms with Gasteiger partial charge in [0.2, 0.25) is 0 Å². The summed E-state index contributed by atoms with van der Waals surface area (Å²) in [6, 6.07) is 17.2. The third-order valence-corrected chi connectivity index (χ3v) is 4.54. The molecule has 0 saturated carbocycles. The van der Waals surface area contributed by atoms with E-state index < -0.39 is 5.97 Å². The van der Waals surface area contributed by atoms with E-state index >= 15 is 0 Å². The number of hydrogen-bond donors (Lipinski definition) is 2. The van der Waals surface area contributed by atoms with Gasteiger partial charge in [-0.15, -0.1) is 0 Å². The first kappa shape index (κ1) is 18.6. The number of aromatic nitrogens is 1. The molecule has 1 heterocycles. The van der Waals surface area contributed by atoms with E-state index in [1.807, 2.05) is 42.5 Å². The van der Waals surface area contributed by atoms with Gasteiger partial charge in [0.05, 0.1) is 30.5 Å². The molecule has 0 atom stereocenters. The number of carbonyl (C=O) groups excluding carboxylic acids is 2. The van der Waals surface area contributed by atoms with Crippen LogP contribution in [-0.2, 0) is 17.8 Å². The molecule has 2 aromatic carbocycles. The molecular weight excluding hydrogens is 342 g/mol. The number of esters is 1. The van der Waals surface area contributed by atoms with Crippen molar-refractivity contribution in [3.63, 3.8) is 0 Å². The standard InChI is InChI=1S/C22H21NO4/c1-14-19(22(26)27-2)20(18(13-24)23-14)21(25)17-11-7-6-10-16(17)12-15-8-4-3-5-9-15/h3-11,23-24H,12-13H2,1-2H3. The highest BCUT2D eigenvalue weighted by atomic mass is 16.5. The fourth-order valence-electron chi connectivity index (χ4n) is 3.26. The monoisotopic (exact) mass is 363 g/mol. The Morgan fingerprint density at radius 1 is 1.00 bits per heavy atom. The summed E-state index contributed by atoms with van der Waals surface area (Å²) in [7, 11) is 1.27. The zero-order valence-corrected chi connectivity index (χ0v) is 15.3. The van der Waals surface area contributed by atoms with Crippen molar-refractivity contribution in [2.45, 2.75) is 20.0 Å². The second-order valence-corrected chi connectivity index (χ2v) is 6.28. The van der Waals surface area contributed by atoms with Gasteiger partial charge in [-0.3, -0.25) is 4.79 Å². The Hall–Kier alpha value is -3.18. The molecule has 27 heavy (non-hydrogen) atoms. The minimum atomic E-state index is -0.604. The lowest BCUT2D eigenvalue weighted by Gasteiger charge is -2.11. The maximum atomic E-state index is 13.4. The van der Waals surface area contributed by atoms with Gasteiger partial charge in [0.15, 0.2) is 5.78 Å². The van der Waals surface area contributed by atoms with Crippen LogP contribution in [0.1, 0.15) is 48.8 Å². The molecule has 3 aromatic rings. The largest absolute Gasteiger partial charge is 0.465 e. The third-order valence-electron chi connectivity index (χ3n) is 4.54. The lowest BCUT2D eigenvalue weighted by Crippen LogP contribution is -2.13. The van der Waals surface area contributed by atoms with Crippen molar-refractivity contribution in [2.24, 2.45) is 0 Å². The molecular formula is C22H21NO4. The number of benzene rings is 2. The Morgan fingerprint density at radius 2 is 1.67 bits per heavy atom. The smallest absolute Gasteiger partial charge is 0.340 e. The van der Waals surface area contributed by atoms with Crippen LogP contribution in [0.4, 0.5) is 0 Å². The number of nitrogens with one attached hydrogen (secondary N) is 1.